The van der Waals surface area contributed by atoms with Gasteiger partial charge in [0.25, 0.3) is 5.91 Å². The molecule has 2 aromatic rings. The van der Waals surface area contributed by atoms with Crippen molar-refractivity contribution in [3.8, 4) is 0 Å². The first kappa shape index (κ1) is 16.5. The summed E-state index contributed by atoms with van der Waals surface area (Å²) >= 11 is 9.33. The molecule has 0 aliphatic rings. The fourth-order valence-corrected chi connectivity index (χ4v) is 2.53. The highest BCUT2D eigenvalue weighted by Gasteiger charge is 2.21. The molecule has 0 aliphatic heterocycles. The average Bonchev–Trinajstić information content (AvgIpc) is 2.48. The Hall–Kier alpha value is -1.92. The Morgan fingerprint density at radius 1 is 1.27 bits per heavy atom. The Balaban J connectivity index is 2.30. The van der Waals surface area contributed by atoms with Crippen molar-refractivity contribution in [3.63, 3.8) is 0 Å². The SMILES string of the molecule is O=C(O)CN(Cc1ccccc1Cl)C(=O)c1ccncc1Br. The lowest BCUT2D eigenvalue weighted by Crippen LogP contribution is -2.35. The number of carbonyl (C=O) groups excluding carboxylic acids is 1. The van der Waals surface area contributed by atoms with Crippen LogP contribution in [0.25, 0.3) is 0 Å². The fraction of sp³-hybridized carbons (Fsp3) is 0.133. The Labute approximate surface area is 140 Å². The van der Waals surface area contributed by atoms with Crippen molar-refractivity contribution in [2.24, 2.45) is 0 Å². The summed E-state index contributed by atoms with van der Waals surface area (Å²) in [5.74, 6) is -1.50. The molecule has 1 aromatic heterocycles. The molecule has 1 N–H and O–H groups in total. The van der Waals surface area contributed by atoms with Crippen LogP contribution in [-0.4, -0.2) is 33.4 Å². The summed E-state index contributed by atoms with van der Waals surface area (Å²) in [6, 6.07) is 8.55. The first-order valence-electron chi connectivity index (χ1n) is 6.33. The number of aromatic nitrogens is 1. The second kappa shape index (κ2) is 7.38. The molecule has 1 amide bonds. The summed E-state index contributed by atoms with van der Waals surface area (Å²) in [4.78, 5) is 28.7. The van der Waals surface area contributed by atoms with Crippen LogP contribution in [0.2, 0.25) is 5.02 Å². The normalized spacial score (nSPS) is 10.3. The van der Waals surface area contributed by atoms with Gasteiger partial charge in [0.2, 0.25) is 0 Å². The summed E-state index contributed by atoms with van der Waals surface area (Å²) in [6.07, 6.45) is 2.97. The Bertz CT molecular complexity index is 709. The Morgan fingerprint density at radius 2 is 2.00 bits per heavy atom. The maximum atomic E-state index is 12.6. The molecule has 114 valence electrons. The van der Waals surface area contributed by atoms with Crippen molar-refractivity contribution in [3.05, 3.63) is 63.3 Å². The second-order valence-electron chi connectivity index (χ2n) is 4.50. The summed E-state index contributed by atoms with van der Waals surface area (Å²) in [6.45, 7) is -0.307. The van der Waals surface area contributed by atoms with Gasteiger partial charge in [-0.15, -0.1) is 0 Å². The van der Waals surface area contributed by atoms with E-state index in [2.05, 4.69) is 20.9 Å². The zero-order valence-electron chi connectivity index (χ0n) is 11.4. The van der Waals surface area contributed by atoms with Gasteiger partial charge >= 0.3 is 5.97 Å². The minimum atomic E-state index is -1.09. The highest BCUT2D eigenvalue weighted by Crippen LogP contribution is 2.21. The first-order chi connectivity index (χ1) is 10.5. The largest absolute Gasteiger partial charge is 0.480 e. The van der Waals surface area contributed by atoms with Gasteiger partial charge in [0.1, 0.15) is 6.54 Å². The predicted octanol–water partition coefficient (Wildman–Crippen LogP) is 3.22. The molecule has 0 spiro atoms. The van der Waals surface area contributed by atoms with E-state index in [-0.39, 0.29) is 6.54 Å². The Kier molecular flexibility index (Phi) is 5.51. The van der Waals surface area contributed by atoms with Gasteiger partial charge in [-0.05, 0) is 33.6 Å². The molecule has 5 nitrogen and oxygen atoms in total. The lowest BCUT2D eigenvalue weighted by atomic mass is 10.1. The number of hydrogen-bond acceptors (Lipinski definition) is 3. The molecule has 0 radical (unpaired) electrons. The molecule has 22 heavy (non-hydrogen) atoms. The lowest BCUT2D eigenvalue weighted by molar-refractivity contribution is -0.137. The number of amides is 1. The smallest absolute Gasteiger partial charge is 0.323 e. The number of halogens is 2. The lowest BCUT2D eigenvalue weighted by Gasteiger charge is -2.22. The van der Waals surface area contributed by atoms with Crippen LogP contribution < -0.4 is 0 Å². The molecular formula is C15H12BrClN2O3. The Morgan fingerprint density at radius 3 is 2.64 bits per heavy atom. The summed E-state index contributed by atoms with van der Waals surface area (Å²) in [7, 11) is 0. The van der Waals surface area contributed by atoms with Gasteiger partial charge in [-0.25, -0.2) is 0 Å². The number of aliphatic carboxylic acids is 1. The minimum Gasteiger partial charge on any atom is -0.480 e. The van der Waals surface area contributed by atoms with Crippen molar-refractivity contribution < 1.29 is 14.7 Å². The molecule has 0 saturated carbocycles. The van der Waals surface area contributed by atoms with Gasteiger partial charge in [0.15, 0.2) is 0 Å². The quantitative estimate of drug-likeness (QED) is 0.860. The fourth-order valence-electron chi connectivity index (χ4n) is 1.91. The zero-order valence-corrected chi connectivity index (χ0v) is 13.7. The van der Waals surface area contributed by atoms with Crippen molar-refractivity contribution in [2.45, 2.75) is 6.54 Å². The summed E-state index contributed by atoms with van der Waals surface area (Å²) in [5, 5.41) is 9.53. The third kappa shape index (κ3) is 4.05. The van der Waals surface area contributed by atoms with E-state index < -0.39 is 18.4 Å². The van der Waals surface area contributed by atoms with Crippen molar-refractivity contribution in [1.29, 1.82) is 0 Å². The molecule has 0 aliphatic carbocycles. The minimum absolute atomic E-state index is 0.111. The zero-order chi connectivity index (χ0) is 16.1. The van der Waals surface area contributed by atoms with Gasteiger partial charge in [-0.1, -0.05) is 29.8 Å². The molecule has 0 saturated heterocycles. The van der Waals surface area contributed by atoms with Crippen LogP contribution in [-0.2, 0) is 11.3 Å². The van der Waals surface area contributed by atoms with Gasteiger partial charge in [-0.3, -0.25) is 14.6 Å². The standard InChI is InChI=1S/C15H12BrClN2O3/c16-12-7-18-6-5-11(12)15(22)19(9-14(20)21)8-10-3-1-2-4-13(10)17/h1-7H,8-9H2,(H,20,21). The van der Waals surface area contributed by atoms with E-state index in [0.717, 1.165) is 0 Å². The van der Waals surface area contributed by atoms with Crippen LogP contribution in [0.4, 0.5) is 0 Å². The van der Waals surface area contributed by atoms with E-state index in [4.69, 9.17) is 16.7 Å². The monoisotopic (exact) mass is 382 g/mol. The van der Waals surface area contributed by atoms with E-state index in [1.165, 1.54) is 23.4 Å². The molecule has 0 unspecified atom stereocenters. The number of rotatable bonds is 5. The topological polar surface area (TPSA) is 70.5 Å². The highest BCUT2D eigenvalue weighted by molar-refractivity contribution is 9.10. The number of hydrogen-bond donors (Lipinski definition) is 1. The van der Waals surface area contributed by atoms with Crippen molar-refractivity contribution in [2.75, 3.05) is 6.54 Å². The van der Waals surface area contributed by atoms with Gasteiger partial charge < -0.3 is 10.0 Å². The number of benzene rings is 1. The maximum absolute atomic E-state index is 12.6. The molecular weight excluding hydrogens is 372 g/mol. The van der Waals surface area contributed by atoms with E-state index in [0.29, 0.717) is 20.6 Å². The average molecular weight is 384 g/mol. The maximum Gasteiger partial charge on any atom is 0.323 e. The third-order valence-electron chi connectivity index (χ3n) is 2.94. The van der Waals surface area contributed by atoms with Crippen LogP contribution in [0, 0.1) is 0 Å². The van der Waals surface area contributed by atoms with Crippen LogP contribution >= 0.6 is 27.5 Å². The van der Waals surface area contributed by atoms with Crippen LogP contribution in [0.5, 0.6) is 0 Å². The molecule has 2 rings (SSSR count). The molecule has 1 aromatic carbocycles. The molecule has 0 bridgehead atoms. The number of carboxylic acid groups (broad SMARTS) is 1. The van der Waals surface area contributed by atoms with Gasteiger partial charge in [0, 0.05) is 28.4 Å². The van der Waals surface area contributed by atoms with E-state index in [1.807, 2.05) is 0 Å². The summed E-state index contributed by atoms with van der Waals surface area (Å²) in [5.41, 5.74) is 1.03. The van der Waals surface area contributed by atoms with Crippen LogP contribution in [0.3, 0.4) is 0 Å². The van der Waals surface area contributed by atoms with E-state index >= 15 is 0 Å². The van der Waals surface area contributed by atoms with E-state index in [1.54, 1.807) is 24.3 Å². The second-order valence-corrected chi connectivity index (χ2v) is 5.76. The molecule has 1 heterocycles. The number of carbonyl (C=O) groups is 2. The summed E-state index contributed by atoms with van der Waals surface area (Å²) < 4.78 is 0.509. The molecule has 0 fully saturated rings. The van der Waals surface area contributed by atoms with Crippen LogP contribution in [0.15, 0.2) is 47.2 Å². The molecule has 7 heteroatoms. The number of carboxylic acids is 1. The van der Waals surface area contributed by atoms with Gasteiger partial charge in [-0.2, -0.15) is 0 Å². The van der Waals surface area contributed by atoms with Crippen LogP contribution in [0.1, 0.15) is 15.9 Å². The number of nitrogens with zero attached hydrogens (tertiary/aromatic N) is 2. The van der Waals surface area contributed by atoms with Gasteiger partial charge in [0.05, 0.1) is 5.56 Å². The highest BCUT2D eigenvalue weighted by atomic mass is 79.9. The first-order valence-corrected chi connectivity index (χ1v) is 7.50. The predicted molar refractivity (Wildman–Crippen MR) is 85.8 cm³/mol. The number of pyridine rings is 1. The molecule has 0 atom stereocenters. The van der Waals surface area contributed by atoms with Crippen molar-refractivity contribution >= 4 is 39.4 Å². The third-order valence-corrected chi connectivity index (χ3v) is 3.94. The van der Waals surface area contributed by atoms with Crippen molar-refractivity contribution in [1.82, 2.24) is 9.88 Å². The van der Waals surface area contributed by atoms with E-state index in [9.17, 15) is 9.59 Å².